The summed E-state index contributed by atoms with van der Waals surface area (Å²) in [6, 6.07) is 7.40. The molecule has 0 saturated carbocycles. The maximum atomic E-state index is 11.4. The van der Waals surface area contributed by atoms with E-state index < -0.39 is 5.97 Å². The van der Waals surface area contributed by atoms with Crippen LogP contribution in [0.3, 0.4) is 0 Å². The van der Waals surface area contributed by atoms with E-state index in [1.165, 1.54) is 11.8 Å². The van der Waals surface area contributed by atoms with E-state index in [0.717, 1.165) is 11.1 Å². The molecule has 0 spiro atoms. The maximum absolute atomic E-state index is 11.4. The number of aliphatic carboxylic acids is 1. The number of H-pyrrole nitrogens is 1. The van der Waals surface area contributed by atoms with Gasteiger partial charge in [0.15, 0.2) is 5.16 Å². The zero-order valence-corrected chi connectivity index (χ0v) is 11.8. The van der Waals surface area contributed by atoms with E-state index in [1.54, 1.807) is 4.57 Å². The zero-order chi connectivity index (χ0) is 14.5. The van der Waals surface area contributed by atoms with Gasteiger partial charge in [-0.2, -0.15) is 0 Å². The third-order valence-corrected chi connectivity index (χ3v) is 3.88. The minimum Gasteiger partial charge on any atom is -0.481 e. The predicted molar refractivity (Wildman–Crippen MR) is 75.9 cm³/mol. The van der Waals surface area contributed by atoms with Crippen molar-refractivity contribution in [1.29, 1.82) is 0 Å². The summed E-state index contributed by atoms with van der Waals surface area (Å²) >= 11 is 1.41. The van der Waals surface area contributed by atoms with Crippen molar-refractivity contribution in [2.75, 3.05) is 0 Å². The van der Waals surface area contributed by atoms with Crippen LogP contribution >= 0.6 is 11.8 Å². The minimum atomic E-state index is -0.854. The molecular formula is C13H15N3O3S. The van der Waals surface area contributed by atoms with Crippen LogP contribution in [0.1, 0.15) is 18.1 Å². The van der Waals surface area contributed by atoms with Crippen LogP contribution in [-0.4, -0.2) is 25.8 Å². The van der Waals surface area contributed by atoms with Crippen molar-refractivity contribution in [1.82, 2.24) is 14.8 Å². The van der Waals surface area contributed by atoms with Gasteiger partial charge >= 0.3 is 11.7 Å². The van der Waals surface area contributed by atoms with Crippen LogP contribution in [0.5, 0.6) is 0 Å². The van der Waals surface area contributed by atoms with Crippen LogP contribution in [0.15, 0.2) is 34.2 Å². The lowest BCUT2D eigenvalue weighted by Crippen LogP contribution is -2.16. The van der Waals surface area contributed by atoms with Crippen LogP contribution in [0.2, 0.25) is 0 Å². The molecule has 6 nitrogen and oxygen atoms in total. The van der Waals surface area contributed by atoms with Crippen molar-refractivity contribution in [3.8, 4) is 0 Å². The molecule has 0 unspecified atom stereocenters. The van der Waals surface area contributed by atoms with Gasteiger partial charge in [0.2, 0.25) is 0 Å². The van der Waals surface area contributed by atoms with Gasteiger partial charge in [-0.25, -0.2) is 9.89 Å². The number of hydrogen-bond acceptors (Lipinski definition) is 4. The lowest BCUT2D eigenvalue weighted by Gasteiger charge is -2.07. The Morgan fingerprint density at radius 2 is 2.10 bits per heavy atom. The van der Waals surface area contributed by atoms with Crippen LogP contribution < -0.4 is 5.69 Å². The molecule has 0 saturated heterocycles. The Balaban J connectivity index is 2.14. The van der Waals surface area contributed by atoms with E-state index in [0.29, 0.717) is 17.5 Å². The summed E-state index contributed by atoms with van der Waals surface area (Å²) in [4.78, 5) is 22.3. The largest absolute Gasteiger partial charge is 0.481 e. The molecule has 1 heterocycles. The Bertz CT molecular complexity index is 663. The molecule has 0 aliphatic heterocycles. The number of rotatable bonds is 6. The lowest BCUT2D eigenvalue weighted by atomic mass is 10.1. The number of aromatic amines is 1. The van der Waals surface area contributed by atoms with Gasteiger partial charge in [-0.05, 0) is 18.1 Å². The Morgan fingerprint density at radius 3 is 2.75 bits per heavy atom. The molecule has 2 rings (SSSR count). The summed E-state index contributed by atoms with van der Waals surface area (Å²) in [7, 11) is 0. The summed E-state index contributed by atoms with van der Waals surface area (Å²) in [5, 5.41) is 15.9. The molecule has 1 aromatic carbocycles. The average Bonchev–Trinajstić information content (AvgIpc) is 2.77. The summed E-state index contributed by atoms with van der Waals surface area (Å²) < 4.78 is 1.55. The van der Waals surface area contributed by atoms with Gasteiger partial charge in [-0.3, -0.25) is 9.36 Å². The first-order chi connectivity index (χ1) is 9.61. The van der Waals surface area contributed by atoms with Gasteiger partial charge in [0.25, 0.3) is 0 Å². The first-order valence-corrected chi connectivity index (χ1v) is 7.17. The number of carboxylic acids is 1. The number of nitrogens with zero attached hydrogens (tertiary/aromatic N) is 2. The highest BCUT2D eigenvalue weighted by Gasteiger charge is 2.10. The molecule has 0 atom stereocenters. The van der Waals surface area contributed by atoms with Crippen molar-refractivity contribution in [2.24, 2.45) is 0 Å². The van der Waals surface area contributed by atoms with Crippen molar-refractivity contribution >= 4 is 17.7 Å². The van der Waals surface area contributed by atoms with Crippen LogP contribution in [0.4, 0.5) is 0 Å². The van der Waals surface area contributed by atoms with E-state index in [9.17, 15) is 9.59 Å². The Morgan fingerprint density at radius 1 is 1.40 bits per heavy atom. The fraction of sp³-hybridized carbons (Fsp3) is 0.308. The summed E-state index contributed by atoms with van der Waals surface area (Å²) in [5.41, 5.74) is 1.50. The molecule has 106 valence electrons. The number of hydrogen-bond donors (Lipinski definition) is 2. The molecule has 20 heavy (non-hydrogen) atoms. The molecule has 0 amide bonds. The SMILES string of the molecule is CCn1c(SCc2ccccc2CC(=O)O)n[nH]c1=O. The van der Waals surface area contributed by atoms with Gasteiger partial charge in [0.1, 0.15) is 0 Å². The summed E-state index contributed by atoms with van der Waals surface area (Å²) in [6.07, 6.45) is -0.00210. The van der Waals surface area contributed by atoms with Crippen molar-refractivity contribution < 1.29 is 9.90 Å². The second-order valence-electron chi connectivity index (χ2n) is 4.18. The standard InChI is InChI=1S/C13H15N3O3S/c1-2-16-12(19)14-15-13(16)20-8-10-6-4-3-5-9(10)7-11(17)18/h3-6H,2,7-8H2,1H3,(H,14,19)(H,17,18). The fourth-order valence-corrected chi connectivity index (χ4v) is 2.91. The molecule has 7 heteroatoms. The molecular weight excluding hydrogens is 278 g/mol. The zero-order valence-electron chi connectivity index (χ0n) is 11.0. The number of nitrogens with one attached hydrogen (secondary N) is 1. The van der Waals surface area contributed by atoms with Gasteiger partial charge < -0.3 is 5.11 Å². The molecule has 2 aromatic rings. The second-order valence-corrected chi connectivity index (χ2v) is 5.13. The molecule has 0 radical (unpaired) electrons. The topological polar surface area (TPSA) is 88.0 Å². The highest BCUT2D eigenvalue weighted by Crippen LogP contribution is 2.22. The molecule has 2 N–H and O–H groups in total. The number of thioether (sulfide) groups is 1. The van der Waals surface area contributed by atoms with Crippen molar-refractivity contribution in [2.45, 2.75) is 30.8 Å². The Kier molecular flexibility index (Phi) is 4.62. The number of carbonyl (C=O) groups is 1. The third-order valence-electron chi connectivity index (χ3n) is 2.86. The number of carboxylic acid groups (broad SMARTS) is 1. The average molecular weight is 293 g/mol. The Labute approximate surface area is 119 Å². The van der Waals surface area contributed by atoms with Crippen LogP contribution in [-0.2, 0) is 23.5 Å². The first-order valence-electron chi connectivity index (χ1n) is 6.18. The van der Waals surface area contributed by atoms with E-state index in [4.69, 9.17) is 5.11 Å². The number of aromatic nitrogens is 3. The van der Waals surface area contributed by atoms with E-state index in [-0.39, 0.29) is 12.1 Å². The van der Waals surface area contributed by atoms with E-state index in [1.807, 2.05) is 31.2 Å². The summed E-state index contributed by atoms with van der Waals surface area (Å²) in [5.74, 6) is -0.277. The van der Waals surface area contributed by atoms with Crippen LogP contribution in [0, 0.1) is 0 Å². The highest BCUT2D eigenvalue weighted by atomic mass is 32.2. The van der Waals surface area contributed by atoms with Gasteiger partial charge in [0.05, 0.1) is 6.42 Å². The first kappa shape index (κ1) is 14.4. The maximum Gasteiger partial charge on any atom is 0.343 e. The smallest absolute Gasteiger partial charge is 0.343 e. The van der Waals surface area contributed by atoms with E-state index in [2.05, 4.69) is 10.2 Å². The van der Waals surface area contributed by atoms with Crippen molar-refractivity contribution in [3.05, 3.63) is 45.9 Å². The highest BCUT2D eigenvalue weighted by molar-refractivity contribution is 7.98. The molecule has 1 aromatic heterocycles. The number of benzene rings is 1. The van der Waals surface area contributed by atoms with Crippen molar-refractivity contribution in [3.63, 3.8) is 0 Å². The van der Waals surface area contributed by atoms with Crippen LogP contribution in [0.25, 0.3) is 0 Å². The monoisotopic (exact) mass is 293 g/mol. The lowest BCUT2D eigenvalue weighted by molar-refractivity contribution is -0.136. The Hall–Kier alpha value is -2.02. The molecule has 0 bridgehead atoms. The molecule has 0 aliphatic carbocycles. The quantitative estimate of drug-likeness (QED) is 0.788. The van der Waals surface area contributed by atoms with E-state index >= 15 is 0 Å². The normalized spacial score (nSPS) is 10.7. The second kappa shape index (κ2) is 6.42. The third kappa shape index (κ3) is 3.30. The van der Waals surface area contributed by atoms with Gasteiger partial charge in [-0.15, -0.1) is 5.10 Å². The van der Waals surface area contributed by atoms with Gasteiger partial charge in [-0.1, -0.05) is 36.0 Å². The summed E-state index contributed by atoms with van der Waals surface area (Å²) in [6.45, 7) is 2.42. The van der Waals surface area contributed by atoms with Gasteiger partial charge in [0, 0.05) is 12.3 Å². The fourth-order valence-electron chi connectivity index (χ4n) is 1.87. The predicted octanol–water partition coefficient (Wildman–Crippen LogP) is 1.51. The molecule has 0 fully saturated rings. The molecule has 0 aliphatic rings. The minimum absolute atomic E-state index is 0.00210.